The Kier molecular flexibility index (Phi) is 7.00. The van der Waals surface area contributed by atoms with E-state index in [0.717, 1.165) is 77.8 Å². The number of hydrogen-bond acceptors (Lipinski definition) is 4. The Balaban J connectivity index is 1.46. The molecule has 0 unspecified atom stereocenters. The fourth-order valence-corrected chi connectivity index (χ4v) is 4.34. The van der Waals surface area contributed by atoms with Crippen molar-refractivity contribution >= 4 is 12.1 Å². The zero-order valence-electron chi connectivity index (χ0n) is 16.1. The van der Waals surface area contributed by atoms with E-state index in [4.69, 9.17) is 4.74 Å². The SMILES string of the molecule is CCOC(=O)N1CCC(N[C@@H]2CCCCN(C(=O)N3CCCC3)C2)CC1. The maximum absolute atomic E-state index is 12.7. The van der Waals surface area contributed by atoms with E-state index in [2.05, 4.69) is 10.2 Å². The maximum Gasteiger partial charge on any atom is 0.409 e. The second-order valence-electron chi connectivity index (χ2n) is 7.74. The van der Waals surface area contributed by atoms with Crippen molar-refractivity contribution in [3.63, 3.8) is 0 Å². The van der Waals surface area contributed by atoms with Crippen LogP contribution in [0.4, 0.5) is 9.59 Å². The van der Waals surface area contributed by atoms with E-state index < -0.39 is 0 Å². The summed E-state index contributed by atoms with van der Waals surface area (Å²) in [5.74, 6) is 0. The predicted molar refractivity (Wildman–Crippen MR) is 100 cm³/mol. The topological polar surface area (TPSA) is 65.1 Å². The van der Waals surface area contributed by atoms with E-state index in [-0.39, 0.29) is 12.1 Å². The lowest BCUT2D eigenvalue weighted by Gasteiger charge is -2.35. The van der Waals surface area contributed by atoms with Gasteiger partial charge in [0.25, 0.3) is 0 Å². The number of amides is 3. The molecule has 3 rings (SSSR count). The number of nitrogens with one attached hydrogen (secondary N) is 1. The van der Waals surface area contributed by atoms with Crippen molar-refractivity contribution < 1.29 is 14.3 Å². The van der Waals surface area contributed by atoms with Crippen LogP contribution in [-0.4, -0.2) is 84.8 Å². The maximum atomic E-state index is 12.7. The molecule has 7 nitrogen and oxygen atoms in total. The second kappa shape index (κ2) is 9.44. The van der Waals surface area contributed by atoms with Gasteiger partial charge in [0.05, 0.1) is 6.61 Å². The molecule has 3 amide bonds. The van der Waals surface area contributed by atoms with E-state index in [9.17, 15) is 9.59 Å². The van der Waals surface area contributed by atoms with Crippen LogP contribution >= 0.6 is 0 Å². The van der Waals surface area contributed by atoms with Gasteiger partial charge >= 0.3 is 12.1 Å². The Morgan fingerprint density at radius 1 is 0.846 bits per heavy atom. The van der Waals surface area contributed by atoms with Gasteiger partial charge in [0.15, 0.2) is 0 Å². The van der Waals surface area contributed by atoms with Crippen LogP contribution in [0, 0.1) is 0 Å². The lowest BCUT2D eigenvalue weighted by Crippen LogP contribution is -2.52. The van der Waals surface area contributed by atoms with Crippen molar-refractivity contribution in [3.8, 4) is 0 Å². The van der Waals surface area contributed by atoms with Gasteiger partial charge in [-0.2, -0.15) is 0 Å². The van der Waals surface area contributed by atoms with Gasteiger partial charge in [-0.05, 0) is 45.4 Å². The van der Waals surface area contributed by atoms with Crippen LogP contribution in [0.25, 0.3) is 0 Å². The first-order valence-electron chi connectivity index (χ1n) is 10.4. The molecule has 1 N–H and O–H groups in total. The molecular formula is C19H34N4O3. The number of nitrogens with zero attached hydrogens (tertiary/aromatic N) is 3. The monoisotopic (exact) mass is 366 g/mol. The summed E-state index contributed by atoms with van der Waals surface area (Å²) in [6.07, 6.45) is 7.39. The molecule has 0 aromatic carbocycles. The molecule has 0 aliphatic carbocycles. The molecule has 0 saturated carbocycles. The minimum atomic E-state index is -0.192. The lowest BCUT2D eigenvalue weighted by atomic mass is 10.0. The van der Waals surface area contributed by atoms with Crippen molar-refractivity contribution in [3.05, 3.63) is 0 Å². The number of urea groups is 1. The van der Waals surface area contributed by atoms with Crippen LogP contribution in [0.15, 0.2) is 0 Å². The highest BCUT2D eigenvalue weighted by molar-refractivity contribution is 5.74. The van der Waals surface area contributed by atoms with Crippen molar-refractivity contribution in [1.82, 2.24) is 20.0 Å². The highest BCUT2D eigenvalue weighted by Gasteiger charge is 2.30. The molecule has 1 atom stereocenters. The molecule has 7 heteroatoms. The highest BCUT2D eigenvalue weighted by Crippen LogP contribution is 2.18. The van der Waals surface area contributed by atoms with Gasteiger partial charge in [0, 0.05) is 51.4 Å². The largest absolute Gasteiger partial charge is 0.450 e. The van der Waals surface area contributed by atoms with E-state index >= 15 is 0 Å². The zero-order valence-corrected chi connectivity index (χ0v) is 16.1. The van der Waals surface area contributed by atoms with Gasteiger partial charge in [-0.1, -0.05) is 6.42 Å². The van der Waals surface area contributed by atoms with Gasteiger partial charge < -0.3 is 24.8 Å². The summed E-state index contributed by atoms with van der Waals surface area (Å²) in [6.45, 7) is 7.30. The molecule has 3 aliphatic heterocycles. The fraction of sp³-hybridized carbons (Fsp3) is 0.895. The minimum Gasteiger partial charge on any atom is -0.450 e. The molecule has 3 saturated heterocycles. The van der Waals surface area contributed by atoms with Crippen LogP contribution in [0.3, 0.4) is 0 Å². The molecule has 26 heavy (non-hydrogen) atoms. The summed E-state index contributed by atoms with van der Waals surface area (Å²) < 4.78 is 5.09. The molecule has 3 fully saturated rings. The van der Waals surface area contributed by atoms with E-state index in [1.54, 1.807) is 4.90 Å². The Hall–Kier alpha value is -1.50. The summed E-state index contributed by atoms with van der Waals surface area (Å²) in [5.41, 5.74) is 0. The molecular weight excluding hydrogens is 332 g/mol. The number of ether oxygens (including phenoxy) is 1. The molecule has 0 aromatic rings. The van der Waals surface area contributed by atoms with Gasteiger partial charge in [-0.25, -0.2) is 9.59 Å². The second-order valence-corrected chi connectivity index (χ2v) is 7.74. The first-order valence-corrected chi connectivity index (χ1v) is 10.4. The van der Waals surface area contributed by atoms with Crippen LogP contribution in [-0.2, 0) is 4.74 Å². The van der Waals surface area contributed by atoms with Crippen molar-refractivity contribution in [2.45, 2.75) is 64.0 Å². The molecule has 148 valence electrons. The normalized spacial score (nSPS) is 25.3. The first-order chi connectivity index (χ1) is 12.7. The lowest BCUT2D eigenvalue weighted by molar-refractivity contribution is 0.0934. The van der Waals surface area contributed by atoms with Crippen molar-refractivity contribution in [2.24, 2.45) is 0 Å². The molecule has 0 spiro atoms. The Bertz CT molecular complexity index is 473. The average Bonchev–Trinajstić information content (AvgIpc) is 3.09. The van der Waals surface area contributed by atoms with Gasteiger partial charge in [0.2, 0.25) is 0 Å². The van der Waals surface area contributed by atoms with Crippen molar-refractivity contribution in [1.29, 1.82) is 0 Å². The molecule has 3 aliphatic rings. The number of piperidine rings is 1. The number of carbonyl (C=O) groups is 2. The van der Waals surface area contributed by atoms with Crippen LogP contribution < -0.4 is 5.32 Å². The van der Waals surface area contributed by atoms with E-state index in [1.165, 1.54) is 6.42 Å². The molecule has 0 radical (unpaired) electrons. The summed E-state index contributed by atoms with van der Waals surface area (Å²) in [4.78, 5) is 30.4. The smallest absolute Gasteiger partial charge is 0.409 e. The molecule has 0 bridgehead atoms. The van der Waals surface area contributed by atoms with Gasteiger partial charge in [-0.15, -0.1) is 0 Å². The highest BCUT2D eigenvalue weighted by atomic mass is 16.6. The van der Waals surface area contributed by atoms with E-state index in [0.29, 0.717) is 18.7 Å². The third-order valence-corrected chi connectivity index (χ3v) is 5.81. The number of carbonyl (C=O) groups excluding carboxylic acids is 2. The zero-order chi connectivity index (χ0) is 18.4. The van der Waals surface area contributed by atoms with Crippen LogP contribution in [0.2, 0.25) is 0 Å². The van der Waals surface area contributed by atoms with Crippen LogP contribution in [0.1, 0.15) is 51.9 Å². The molecule has 0 aromatic heterocycles. The standard InChI is InChI=1S/C19H34N4O3/c1-2-26-19(25)22-13-8-16(9-14-22)20-17-7-3-4-12-23(15-17)18(24)21-10-5-6-11-21/h16-17,20H,2-15H2,1H3/t17-/m1/s1. The number of likely N-dealkylation sites (tertiary alicyclic amines) is 3. The van der Waals surface area contributed by atoms with Gasteiger partial charge in [-0.3, -0.25) is 0 Å². The van der Waals surface area contributed by atoms with Crippen molar-refractivity contribution in [2.75, 3.05) is 45.9 Å². The summed E-state index contributed by atoms with van der Waals surface area (Å²) >= 11 is 0. The van der Waals surface area contributed by atoms with Crippen LogP contribution in [0.5, 0.6) is 0 Å². The summed E-state index contributed by atoms with van der Waals surface area (Å²) in [5, 5.41) is 3.77. The Morgan fingerprint density at radius 2 is 1.50 bits per heavy atom. The fourth-order valence-electron chi connectivity index (χ4n) is 4.34. The number of rotatable bonds is 3. The third-order valence-electron chi connectivity index (χ3n) is 5.81. The van der Waals surface area contributed by atoms with Gasteiger partial charge in [0.1, 0.15) is 0 Å². The predicted octanol–water partition coefficient (Wildman–Crippen LogP) is 2.27. The minimum absolute atomic E-state index is 0.192. The Labute approximate surface area is 157 Å². The Morgan fingerprint density at radius 3 is 2.19 bits per heavy atom. The summed E-state index contributed by atoms with van der Waals surface area (Å²) in [6, 6.07) is 1.02. The number of hydrogen-bond donors (Lipinski definition) is 1. The third kappa shape index (κ3) is 5.02. The van der Waals surface area contributed by atoms with E-state index in [1.807, 2.05) is 11.8 Å². The molecule has 3 heterocycles. The summed E-state index contributed by atoms with van der Waals surface area (Å²) in [7, 11) is 0. The average molecular weight is 367 g/mol. The quantitative estimate of drug-likeness (QED) is 0.832. The first kappa shape index (κ1) is 19.3.